The summed E-state index contributed by atoms with van der Waals surface area (Å²) in [5.74, 6) is 1.19. The Morgan fingerprint density at radius 3 is 3.13 bits per heavy atom. The molecule has 0 aromatic carbocycles. The average Bonchev–Trinajstić information content (AvgIpc) is 2.70. The summed E-state index contributed by atoms with van der Waals surface area (Å²) in [7, 11) is 0. The summed E-state index contributed by atoms with van der Waals surface area (Å²) < 4.78 is 0.978. The van der Waals surface area contributed by atoms with Crippen molar-refractivity contribution in [1.82, 2.24) is 4.98 Å². The van der Waals surface area contributed by atoms with Gasteiger partial charge in [0.15, 0.2) is 0 Å². The smallest absolute Gasteiger partial charge is 0.0699 e. The standard InChI is InChI=1S/C11H14BrNOS/c12-9-4-8(6-13-7-9)5-10(14)11-2-1-3-15-11/h4,6-7,10-11,14H,1-3,5H2. The van der Waals surface area contributed by atoms with E-state index in [4.69, 9.17) is 0 Å². The van der Waals surface area contributed by atoms with E-state index in [1.54, 1.807) is 6.20 Å². The molecule has 2 rings (SSSR count). The molecule has 1 aromatic rings. The SMILES string of the molecule is OC(Cc1cncc(Br)c1)C1CCCS1. The van der Waals surface area contributed by atoms with Crippen LogP contribution in [0.2, 0.25) is 0 Å². The van der Waals surface area contributed by atoms with Gasteiger partial charge >= 0.3 is 0 Å². The lowest BCUT2D eigenvalue weighted by Crippen LogP contribution is -2.23. The van der Waals surface area contributed by atoms with Gasteiger partial charge in [0.25, 0.3) is 0 Å². The highest BCUT2D eigenvalue weighted by molar-refractivity contribution is 9.10. The Hall–Kier alpha value is -0.0600. The quantitative estimate of drug-likeness (QED) is 0.928. The van der Waals surface area contributed by atoms with Crippen molar-refractivity contribution in [2.45, 2.75) is 30.6 Å². The molecule has 1 N–H and O–H groups in total. The zero-order valence-corrected chi connectivity index (χ0v) is 10.8. The third kappa shape index (κ3) is 3.20. The number of thioether (sulfide) groups is 1. The zero-order valence-electron chi connectivity index (χ0n) is 8.40. The fourth-order valence-electron chi connectivity index (χ4n) is 1.85. The number of pyridine rings is 1. The molecule has 2 nitrogen and oxygen atoms in total. The molecule has 82 valence electrons. The third-order valence-electron chi connectivity index (χ3n) is 2.60. The van der Waals surface area contributed by atoms with E-state index in [1.807, 2.05) is 24.0 Å². The molecule has 0 bridgehead atoms. The molecule has 2 unspecified atom stereocenters. The third-order valence-corrected chi connectivity index (χ3v) is 4.54. The van der Waals surface area contributed by atoms with Crippen molar-refractivity contribution >= 4 is 27.7 Å². The first-order chi connectivity index (χ1) is 7.25. The van der Waals surface area contributed by atoms with E-state index in [2.05, 4.69) is 20.9 Å². The lowest BCUT2D eigenvalue weighted by molar-refractivity contribution is 0.170. The molecule has 1 fully saturated rings. The van der Waals surface area contributed by atoms with Crippen LogP contribution in [0.1, 0.15) is 18.4 Å². The highest BCUT2D eigenvalue weighted by Crippen LogP contribution is 2.30. The van der Waals surface area contributed by atoms with E-state index in [9.17, 15) is 5.11 Å². The number of hydrogen-bond acceptors (Lipinski definition) is 3. The second-order valence-electron chi connectivity index (χ2n) is 3.83. The summed E-state index contributed by atoms with van der Waals surface area (Å²) in [5.41, 5.74) is 1.10. The Bertz CT molecular complexity index is 328. The molecule has 0 amide bonds. The van der Waals surface area contributed by atoms with Crippen LogP contribution in [-0.2, 0) is 6.42 Å². The van der Waals surface area contributed by atoms with E-state index in [0.717, 1.165) is 16.5 Å². The van der Waals surface area contributed by atoms with Crippen LogP contribution in [0.4, 0.5) is 0 Å². The van der Waals surface area contributed by atoms with Crippen LogP contribution in [0, 0.1) is 0 Å². The molecular formula is C11H14BrNOS. The van der Waals surface area contributed by atoms with Gasteiger partial charge in [-0.3, -0.25) is 4.98 Å². The predicted molar refractivity (Wildman–Crippen MR) is 67.1 cm³/mol. The van der Waals surface area contributed by atoms with Gasteiger partial charge < -0.3 is 5.11 Å². The minimum atomic E-state index is -0.228. The first-order valence-electron chi connectivity index (χ1n) is 5.15. The maximum atomic E-state index is 10.0. The van der Waals surface area contributed by atoms with Crippen molar-refractivity contribution in [3.8, 4) is 0 Å². The molecule has 1 saturated heterocycles. The second kappa shape index (κ2) is 5.32. The van der Waals surface area contributed by atoms with Gasteiger partial charge in [0.2, 0.25) is 0 Å². The van der Waals surface area contributed by atoms with Crippen LogP contribution < -0.4 is 0 Å². The maximum Gasteiger partial charge on any atom is 0.0699 e. The summed E-state index contributed by atoms with van der Waals surface area (Å²) >= 11 is 5.28. The molecule has 4 heteroatoms. The highest BCUT2D eigenvalue weighted by Gasteiger charge is 2.23. The molecule has 15 heavy (non-hydrogen) atoms. The number of nitrogens with zero attached hydrogens (tertiary/aromatic N) is 1. The van der Waals surface area contributed by atoms with Crippen molar-refractivity contribution in [3.05, 3.63) is 28.5 Å². The summed E-state index contributed by atoms with van der Waals surface area (Å²) in [5, 5.41) is 10.4. The van der Waals surface area contributed by atoms with E-state index in [-0.39, 0.29) is 6.10 Å². The summed E-state index contributed by atoms with van der Waals surface area (Å²) in [6.45, 7) is 0. The van der Waals surface area contributed by atoms with Crippen LogP contribution in [0.15, 0.2) is 22.9 Å². The van der Waals surface area contributed by atoms with Gasteiger partial charge in [0.05, 0.1) is 6.10 Å². The Kier molecular flexibility index (Phi) is 4.05. The van der Waals surface area contributed by atoms with Crippen molar-refractivity contribution in [2.75, 3.05) is 5.75 Å². The summed E-state index contributed by atoms with van der Waals surface area (Å²) in [6.07, 6.45) is 6.46. The van der Waals surface area contributed by atoms with Gasteiger partial charge in [-0.2, -0.15) is 11.8 Å². The van der Waals surface area contributed by atoms with E-state index in [0.29, 0.717) is 11.7 Å². The van der Waals surface area contributed by atoms with Crippen molar-refractivity contribution in [2.24, 2.45) is 0 Å². The van der Waals surface area contributed by atoms with Gasteiger partial charge in [-0.1, -0.05) is 0 Å². The van der Waals surface area contributed by atoms with Crippen molar-refractivity contribution in [3.63, 3.8) is 0 Å². The summed E-state index contributed by atoms with van der Waals surface area (Å²) in [6, 6.07) is 2.02. The zero-order chi connectivity index (χ0) is 10.7. The fraction of sp³-hybridized carbons (Fsp3) is 0.545. The molecule has 1 aromatic heterocycles. The number of aromatic nitrogens is 1. The molecule has 1 aliphatic rings. The Labute approximate surface area is 103 Å². The van der Waals surface area contributed by atoms with Crippen LogP contribution >= 0.6 is 27.7 Å². The van der Waals surface area contributed by atoms with Gasteiger partial charge in [-0.15, -0.1) is 0 Å². The lowest BCUT2D eigenvalue weighted by atomic mass is 10.0. The highest BCUT2D eigenvalue weighted by atomic mass is 79.9. The Balaban J connectivity index is 1.95. The molecular weight excluding hydrogens is 274 g/mol. The number of rotatable bonds is 3. The number of aliphatic hydroxyl groups excluding tert-OH is 1. The summed E-state index contributed by atoms with van der Waals surface area (Å²) in [4.78, 5) is 4.10. The topological polar surface area (TPSA) is 33.1 Å². The minimum Gasteiger partial charge on any atom is -0.392 e. The second-order valence-corrected chi connectivity index (χ2v) is 6.10. The first kappa shape index (κ1) is 11.4. The minimum absolute atomic E-state index is 0.228. The van der Waals surface area contributed by atoms with E-state index >= 15 is 0 Å². The molecule has 0 saturated carbocycles. The van der Waals surface area contributed by atoms with Gasteiger partial charge in [0, 0.05) is 28.5 Å². The largest absolute Gasteiger partial charge is 0.392 e. The maximum absolute atomic E-state index is 10.0. The lowest BCUT2D eigenvalue weighted by Gasteiger charge is -2.16. The number of halogens is 1. The number of aliphatic hydroxyl groups is 1. The Morgan fingerprint density at radius 2 is 2.47 bits per heavy atom. The average molecular weight is 288 g/mol. The molecule has 0 aliphatic carbocycles. The molecule has 0 radical (unpaired) electrons. The van der Waals surface area contributed by atoms with Crippen LogP contribution in [0.25, 0.3) is 0 Å². The number of hydrogen-bond donors (Lipinski definition) is 1. The van der Waals surface area contributed by atoms with Crippen molar-refractivity contribution in [1.29, 1.82) is 0 Å². The predicted octanol–water partition coefficient (Wildman–Crippen LogP) is 2.64. The van der Waals surface area contributed by atoms with Crippen LogP contribution in [-0.4, -0.2) is 27.2 Å². The van der Waals surface area contributed by atoms with Gasteiger partial charge in [0.1, 0.15) is 0 Å². The fourth-order valence-corrected chi connectivity index (χ4v) is 3.55. The first-order valence-corrected chi connectivity index (χ1v) is 6.99. The monoisotopic (exact) mass is 287 g/mol. The van der Waals surface area contributed by atoms with E-state index < -0.39 is 0 Å². The van der Waals surface area contributed by atoms with Gasteiger partial charge in [-0.05, 0) is 46.2 Å². The van der Waals surface area contributed by atoms with E-state index in [1.165, 1.54) is 12.2 Å². The van der Waals surface area contributed by atoms with Crippen molar-refractivity contribution < 1.29 is 5.11 Å². The normalized spacial score (nSPS) is 22.9. The van der Waals surface area contributed by atoms with Crippen LogP contribution in [0.5, 0.6) is 0 Å². The molecule has 2 heterocycles. The molecule has 0 spiro atoms. The van der Waals surface area contributed by atoms with Crippen LogP contribution in [0.3, 0.4) is 0 Å². The molecule has 1 aliphatic heterocycles. The Morgan fingerprint density at radius 1 is 1.60 bits per heavy atom. The van der Waals surface area contributed by atoms with Gasteiger partial charge in [-0.25, -0.2) is 0 Å². The molecule has 2 atom stereocenters.